The summed E-state index contributed by atoms with van der Waals surface area (Å²) in [5.41, 5.74) is 1.23. The van der Waals surface area contributed by atoms with Crippen LogP contribution in [0, 0.1) is 5.92 Å². The molecule has 0 fully saturated rings. The normalized spacial score (nSPS) is 12.6. The summed E-state index contributed by atoms with van der Waals surface area (Å²) in [5.74, 6) is -0.174. The van der Waals surface area contributed by atoms with Gasteiger partial charge in [0.1, 0.15) is 0 Å². The molecule has 1 unspecified atom stereocenters. The van der Waals surface area contributed by atoms with Gasteiger partial charge in [0.05, 0.1) is 5.52 Å². The molecule has 5 nitrogen and oxygen atoms in total. The first-order valence-corrected chi connectivity index (χ1v) is 5.54. The van der Waals surface area contributed by atoms with Gasteiger partial charge in [0.15, 0.2) is 5.69 Å². The van der Waals surface area contributed by atoms with Gasteiger partial charge in [-0.1, -0.05) is 25.1 Å². The van der Waals surface area contributed by atoms with Gasteiger partial charge in [-0.15, -0.1) is 0 Å². The maximum absolute atomic E-state index is 11.9. The summed E-state index contributed by atoms with van der Waals surface area (Å²) in [6, 6.07) is 7.47. The molecule has 1 heterocycles. The smallest absolute Gasteiger partial charge is 0.272 e. The molecule has 0 saturated heterocycles. The Morgan fingerprint density at radius 3 is 3.06 bits per heavy atom. The summed E-state index contributed by atoms with van der Waals surface area (Å²) in [7, 11) is 0. The first-order chi connectivity index (χ1) is 8.22. The number of benzene rings is 1. The summed E-state index contributed by atoms with van der Waals surface area (Å²) in [6.07, 6.45) is 0. The number of aliphatic hydroxyl groups is 1. The molecule has 1 amide bonds. The average molecular weight is 233 g/mol. The fourth-order valence-corrected chi connectivity index (χ4v) is 1.55. The zero-order valence-corrected chi connectivity index (χ0v) is 9.60. The molecule has 17 heavy (non-hydrogen) atoms. The van der Waals surface area contributed by atoms with E-state index in [-0.39, 0.29) is 18.4 Å². The molecule has 3 N–H and O–H groups in total. The third-order valence-electron chi connectivity index (χ3n) is 2.61. The van der Waals surface area contributed by atoms with Crippen LogP contribution in [0.1, 0.15) is 17.4 Å². The van der Waals surface area contributed by atoms with Gasteiger partial charge < -0.3 is 10.4 Å². The van der Waals surface area contributed by atoms with Crippen molar-refractivity contribution in [1.82, 2.24) is 15.5 Å². The lowest BCUT2D eigenvalue weighted by Crippen LogP contribution is -2.29. The molecule has 0 aliphatic rings. The minimum Gasteiger partial charge on any atom is -0.396 e. The molecule has 2 aromatic rings. The van der Waals surface area contributed by atoms with Crippen LogP contribution in [0.4, 0.5) is 0 Å². The fraction of sp³-hybridized carbons (Fsp3) is 0.333. The van der Waals surface area contributed by atoms with Crippen molar-refractivity contribution in [2.75, 3.05) is 13.2 Å². The average Bonchev–Trinajstić information content (AvgIpc) is 2.79. The van der Waals surface area contributed by atoms with Gasteiger partial charge in [-0.2, -0.15) is 5.10 Å². The van der Waals surface area contributed by atoms with Crippen LogP contribution in [0.3, 0.4) is 0 Å². The summed E-state index contributed by atoms with van der Waals surface area (Å²) >= 11 is 0. The number of H-pyrrole nitrogens is 1. The summed E-state index contributed by atoms with van der Waals surface area (Å²) in [5, 5.41) is 19.2. The maximum Gasteiger partial charge on any atom is 0.272 e. The first-order valence-electron chi connectivity index (χ1n) is 5.54. The molecule has 0 aliphatic carbocycles. The molecule has 0 aliphatic heterocycles. The second-order valence-electron chi connectivity index (χ2n) is 4.12. The Balaban J connectivity index is 2.14. The van der Waals surface area contributed by atoms with Gasteiger partial charge >= 0.3 is 0 Å². The number of carbonyl (C=O) groups is 1. The lowest BCUT2D eigenvalue weighted by molar-refractivity contribution is 0.0939. The van der Waals surface area contributed by atoms with Crippen LogP contribution in [0.15, 0.2) is 24.3 Å². The summed E-state index contributed by atoms with van der Waals surface area (Å²) in [4.78, 5) is 11.9. The predicted octanol–water partition coefficient (Wildman–Crippen LogP) is 0.921. The minimum absolute atomic E-state index is 0.0455. The van der Waals surface area contributed by atoms with E-state index in [1.54, 1.807) is 0 Å². The molecule has 0 bridgehead atoms. The van der Waals surface area contributed by atoms with Crippen molar-refractivity contribution in [2.45, 2.75) is 6.92 Å². The first kappa shape index (κ1) is 11.6. The fourth-order valence-electron chi connectivity index (χ4n) is 1.55. The second-order valence-corrected chi connectivity index (χ2v) is 4.12. The van der Waals surface area contributed by atoms with Crippen LogP contribution in [-0.4, -0.2) is 34.4 Å². The Labute approximate surface area is 98.8 Å². The highest BCUT2D eigenvalue weighted by molar-refractivity contribution is 6.04. The number of hydrogen-bond acceptors (Lipinski definition) is 3. The molecule has 1 aromatic carbocycles. The molecular weight excluding hydrogens is 218 g/mol. The van der Waals surface area contributed by atoms with E-state index < -0.39 is 0 Å². The summed E-state index contributed by atoms with van der Waals surface area (Å²) < 4.78 is 0. The number of carbonyl (C=O) groups excluding carboxylic acids is 1. The maximum atomic E-state index is 11.9. The second kappa shape index (κ2) is 4.97. The lowest BCUT2D eigenvalue weighted by atomic mass is 10.2. The Hall–Kier alpha value is -1.88. The zero-order chi connectivity index (χ0) is 12.3. The van der Waals surface area contributed by atoms with Gasteiger partial charge in [-0.05, 0) is 12.0 Å². The van der Waals surface area contributed by atoms with Crippen molar-refractivity contribution in [3.05, 3.63) is 30.0 Å². The Morgan fingerprint density at radius 1 is 1.53 bits per heavy atom. The van der Waals surface area contributed by atoms with Crippen LogP contribution >= 0.6 is 0 Å². The van der Waals surface area contributed by atoms with Crippen molar-refractivity contribution in [1.29, 1.82) is 0 Å². The SMILES string of the molecule is CC(CO)CNC(=O)c1n[nH]c2ccccc12. The number of amides is 1. The van der Waals surface area contributed by atoms with Crippen LogP contribution in [0.25, 0.3) is 10.9 Å². The van der Waals surface area contributed by atoms with E-state index in [4.69, 9.17) is 5.11 Å². The standard InChI is InChI=1S/C12H15N3O2/c1-8(7-16)6-13-12(17)11-9-4-2-3-5-10(9)14-15-11/h2-5,8,16H,6-7H2,1H3,(H,13,17)(H,14,15). The molecule has 1 atom stereocenters. The number of aromatic amines is 1. The van der Waals surface area contributed by atoms with E-state index in [0.29, 0.717) is 12.2 Å². The number of nitrogens with zero attached hydrogens (tertiary/aromatic N) is 1. The van der Waals surface area contributed by atoms with Crippen LogP contribution in [0.2, 0.25) is 0 Å². The monoisotopic (exact) mass is 233 g/mol. The number of fused-ring (bicyclic) bond motifs is 1. The number of aliphatic hydroxyl groups excluding tert-OH is 1. The molecule has 2 rings (SSSR count). The number of rotatable bonds is 4. The van der Waals surface area contributed by atoms with Gasteiger partial charge in [0.2, 0.25) is 0 Å². The zero-order valence-electron chi connectivity index (χ0n) is 9.60. The van der Waals surface area contributed by atoms with Crippen molar-refractivity contribution in [2.24, 2.45) is 5.92 Å². The van der Waals surface area contributed by atoms with Crippen LogP contribution in [-0.2, 0) is 0 Å². The predicted molar refractivity (Wildman–Crippen MR) is 64.7 cm³/mol. The molecule has 5 heteroatoms. The van der Waals surface area contributed by atoms with Crippen molar-refractivity contribution >= 4 is 16.8 Å². The number of aromatic nitrogens is 2. The highest BCUT2D eigenvalue weighted by atomic mass is 16.3. The topological polar surface area (TPSA) is 78.0 Å². The van der Waals surface area contributed by atoms with Gasteiger partial charge in [-0.25, -0.2) is 0 Å². The Bertz CT molecular complexity index is 521. The lowest BCUT2D eigenvalue weighted by Gasteiger charge is -2.08. The van der Waals surface area contributed by atoms with Crippen LogP contribution < -0.4 is 5.32 Å². The minimum atomic E-state index is -0.220. The molecule has 90 valence electrons. The van der Waals surface area contributed by atoms with Crippen molar-refractivity contribution in [3.8, 4) is 0 Å². The molecular formula is C12H15N3O2. The van der Waals surface area contributed by atoms with E-state index in [2.05, 4.69) is 15.5 Å². The molecule has 0 radical (unpaired) electrons. The van der Waals surface area contributed by atoms with Gasteiger partial charge in [-0.3, -0.25) is 9.89 Å². The number of nitrogens with one attached hydrogen (secondary N) is 2. The van der Waals surface area contributed by atoms with Crippen molar-refractivity contribution < 1.29 is 9.90 Å². The Morgan fingerprint density at radius 2 is 2.29 bits per heavy atom. The van der Waals surface area contributed by atoms with E-state index in [1.165, 1.54) is 0 Å². The Kier molecular flexibility index (Phi) is 3.39. The van der Waals surface area contributed by atoms with Gasteiger partial charge in [0, 0.05) is 18.5 Å². The third kappa shape index (κ3) is 2.45. The molecule has 0 spiro atoms. The van der Waals surface area contributed by atoms with Crippen molar-refractivity contribution in [3.63, 3.8) is 0 Å². The van der Waals surface area contributed by atoms with E-state index in [0.717, 1.165) is 10.9 Å². The van der Waals surface area contributed by atoms with Crippen LogP contribution in [0.5, 0.6) is 0 Å². The quantitative estimate of drug-likeness (QED) is 0.734. The van der Waals surface area contributed by atoms with E-state index in [1.807, 2.05) is 31.2 Å². The molecule has 0 saturated carbocycles. The van der Waals surface area contributed by atoms with E-state index in [9.17, 15) is 4.79 Å². The third-order valence-corrected chi connectivity index (χ3v) is 2.61. The molecule has 1 aromatic heterocycles. The summed E-state index contributed by atoms with van der Waals surface area (Å²) in [6.45, 7) is 2.36. The number of para-hydroxylation sites is 1. The van der Waals surface area contributed by atoms with Gasteiger partial charge in [0.25, 0.3) is 5.91 Å². The van der Waals surface area contributed by atoms with E-state index >= 15 is 0 Å². The highest BCUT2D eigenvalue weighted by Gasteiger charge is 2.13. The highest BCUT2D eigenvalue weighted by Crippen LogP contribution is 2.14. The number of hydrogen-bond donors (Lipinski definition) is 3. The largest absolute Gasteiger partial charge is 0.396 e.